The maximum absolute atomic E-state index is 12.3. The van der Waals surface area contributed by atoms with E-state index in [0.29, 0.717) is 5.56 Å². The molecule has 1 aliphatic carbocycles. The molecule has 0 saturated heterocycles. The van der Waals surface area contributed by atoms with Gasteiger partial charge in [0, 0.05) is 22.3 Å². The molecule has 40 heavy (non-hydrogen) atoms. The van der Waals surface area contributed by atoms with E-state index in [4.69, 9.17) is 4.55 Å². The van der Waals surface area contributed by atoms with Crippen LogP contribution in [0.1, 0.15) is 31.8 Å². The zero-order valence-electron chi connectivity index (χ0n) is 21.1. The lowest BCUT2D eigenvalue weighted by molar-refractivity contribution is 0.0979. The van der Waals surface area contributed by atoms with Gasteiger partial charge in [0.05, 0.1) is 11.9 Å². The summed E-state index contributed by atoms with van der Waals surface area (Å²) in [6, 6.07) is 40.3. The van der Waals surface area contributed by atoms with Crippen LogP contribution in [0.5, 0.6) is 0 Å². The van der Waals surface area contributed by atoms with E-state index < -0.39 is 27.9 Å². The number of hydrogen-bond donors (Lipinski definition) is 2. The van der Waals surface area contributed by atoms with E-state index in [0.717, 1.165) is 28.0 Å². The van der Waals surface area contributed by atoms with Crippen molar-refractivity contribution in [3.8, 4) is 0 Å². The molecule has 6 rings (SSSR count). The molecule has 0 unspecified atom stereocenters. The SMILES string of the molecule is N=P(c1ccccc1)(c1ccccc1)c1ccccc1.O=C1c2ccccc2C(=O)c2cc(S(=O)(=O)O)ccc21. The fourth-order valence-electron chi connectivity index (χ4n) is 4.64. The van der Waals surface area contributed by atoms with Crippen LogP contribution >= 0.6 is 7.05 Å². The third-order valence-corrected chi connectivity index (χ3v) is 10.7. The van der Waals surface area contributed by atoms with Crippen molar-refractivity contribution >= 4 is 44.7 Å². The number of ketones is 2. The highest BCUT2D eigenvalue weighted by Gasteiger charge is 2.30. The highest BCUT2D eigenvalue weighted by atomic mass is 32.2. The Morgan fingerprint density at radius 1 is 0.500 bits per heavy atom. The van der Waals surface area contributed by atoms with E-state index >= 15 is 0 Å². The Balaban J connectivity index is 0.000000161. The summed E-state index contributed by atoms with van der Waals surface area (Å²) in [5.41, 5.74) is 0.659. The fraction of sp³-hybridized carbons (Fsp3) is 0. The summed E-state index contributed by atoms with van der Waals surface area (Å²) in [7, 11) is -6.69. The van der Waals surface area contributed by atoms with Gasteiger partial charge in [0.2, 0.25) is 0 Å². The smallest absolute Gasteiger partial charge is 0.294 e. The Morgan fingerprint density at radius 3 is 1.25 bits per heavy atom. The van der Waals surface area contributed by atoms with E-state index in [1.807, 2.05) is 54.6 Å². The molecular formula is C32H24NO5PS. The third kappa shape index (κ3) is 5.10. The Bertz CT molecular complexity index is 1770. The minimum Gasteiger partial charge on any atom is -0.305 e. The van der Waals surface area contributed by atoms with Crippen molar-refractivity contribution in [1.82, 2.24) is 0 Å². The molecule has 0 heterocycles. The quantitative estimate of drug-likeness (QED) is 0.218. The van der Waals surface area contributed by atoms with Crippen LogP contribution in [0.2, 0.25) is 0 Å². The van der Waals surface area contributed by atoms with E-state index in [1.54, 1.807) is 18.2 Å². The molecule has 0 fully saturated rings. The Morgan fingerprint density at radius 2 is 0.850 bits per heavy atom. The van der Waals surface area contributed by atoms with Crippen LogP contribution in [0, 0.1) is 5.16 Å². The van der Waals surface area contributed by atoms with E-state index in [-0.39, 0.29) is 22.5 Å². The summed E-state index contributed by atoms with van der Waals surface area (Å²) < 4.78 is 31.2. The standard InChI is InChI=1S/C18H16NP.C14H8O5S/c19-20(16-10-4-1-5-11-16,17-12-6-2-7-13-17)18-14-8-3-9-15-18;15-13-9-3-1-2-4-10(9)14(16)12-7-8(20(17,18)19)5-6-11(12)13/h1-15,19H;1-7H,(H,17,18,19). The molecular weight excluding hydrogens is 541 g/mol. The van der Waals surface area contributed by atoms with Crippen LogP contribution in [0.25, 0.3) is 0 Å². The molecule has 2 N–H and O–H groups in total. The molecule has 0 spiro atoms. The van der Waals surface area contributed by atoms with Gasteiger partial charge < -0.3 is 5.16 Å². The minimum absolute atomic E-state index is 0.0103. The molecule has 8 heteroatoms. The van der Waals surface area contributed by atoms with Crippen molar-refractivity contribution in [2.24, 2.45) is 0 Å². The molecule has 0 atom stereocenters. The molecule has 0 amide bonds. The number of rotatable bonds is 4. The molecule has 198 valence electrons. The first-order valence-corrected chi connectivity index (χ1v) is 15.5. The largest absolute Gasteiger partial charge is 0.305 e. The van der Waals surface area contributed by atoms with Crippen LogP contribution in [-0.2, 0) is 10.1 Å². The van der Waals surface area contributed by atoms with Gasteiger partial charge in [0.1, 0.15) is 0 Å². The van der Waals surface area contributed by atoms with Gasteiger partial charge >= 0.3 is 0 Å². The molecule has 1 aliphatic rings. The van der Waals surface area contributed by atoms with E-state index in [2.05, 4.69) is 36.4 Å². The monoisotopic (exact) mass is 565 g/mol. The zero-order chi connectivity index (χ0) is 28.3. The van der Waals surface area contributed by atoms with E-state index in [9.17, 15) is 23.2 Å². The van der Waals surface area contributed by atoms with Crippen molar-refractivity contribution < 1.29 is 22.6 Å². The molecule has 0 saturated carbocycles. The normalized spacial score (nSPS) is 12.5. The number of hydrogen-bond acceptors (Lipinski definition) is 5. The lowest BCUT2D eigenvalue weighted by Gasteiger charge is -2.24. The van der Waals surface area contributed by atoms with Crippen LogP contribution in [0.3, 0.4) is 0 Å². The lowest BCUT2D eigenvalue weighted by atomic mass is 9.84. The number of nitrogens with one attached hydrogen (secondary N) is 1. The van der Waals surface area contributed by atoms with Crippen LogP contribution in [-0.4, -0.2) is 24.5 Å². The van der Waals surface area contributed by atoms with Crippen LogP contribution in [0.4, 0.5) is 0 Å². The maximum Gasteiger partial charge on any atom is 0.294 e. The highest BCUT2D eigenvalue weighted by molar-refractivity contribution is 7.86. The van der Waals surface area contributed by atoms with Crippen molar-refractivity contribution in [3.63, 3.8) is 0 Å². The average Bonchev–Trinajstić information content (AvgIpc) is 3.00. The summed E-state index contributed by atoms with van der Waals surface area (Å²) in [6.45, 7) is 0. The summed E-state index contributed by atoms with van der Waals surface area (Å²) in [6.07, 6.45) is 0. The van der Waals surface area contributed by atoms with Gasteiger partial charge in [0.15, 0.2) is 11.6 Å². The lowest BCUT2D eigenvalue weighted by Crippen LogP contribution is -2.24. The van der Waals surface area contributed by atoms with Gasteiger partial charge in [-0.1, -0.05) is 115 Å². The molecule has 6 nitrogen and oxygen atoms in total. The predicted octanol–water partition coefficient (Wildman–Crippen LogP) is 5.45. The summed E-state index contributed by atoms with van der Waals surface area (Å²) in [5, 5.41) is 12.5. The number of benzene rings is 5. The molecule has 5 aromatic carbocycles. The van der Waals surface area contributed by atoms with Gasteiger partial charge in [-0.25, -0.2) is 0 Å². The van der Waals surface area contributed by atoms with Gasteiger partial charge in [-0.2, -0.15) is 8.42 Å². The van der Waals surface area contributed by atoms with Crippen molar-refractivity contribution in [3.05, 3.63) is 156 Å². The summed E-state index contributed by atoms with van der Waals surface area (Å²) in [4.78, 5) is 24.1. The van der Waals surface area contributed by atoms with Crippen molar-refractivity contribution in [2.45, 2.75) is 4.90 Å². The molecule has 5 aromatic rings. The van der Waals surface area contributed by atoms with Crippen LogP contribution < -0.4 is 15.9 Å². The highest BCUT2D eigenvalue weighted by Crippen LogP contribution is 2.42. The second-order valence-corrected chi connectivity index (χ2v) is 13.4. The summed E-state index contributed by atoms with van der Waals surface area (Å²) >= 11 is 0. The van der Waals surface area contributed by atoms with Gasteiger partial charge in [-0.05, 0) is 34.1 Å². The second-order valence-electron chi connectivity index (χ2n) is 9.06. The van der Waals surface area contributed by atoms with Gasteiger partial charge in [-0.3, -0.25) is 14.1 Å². The van der Waals surface area contributed by atoms with Crippen molar-refractivity contribution in [2.75, 3.05) is 0 Å². The fourth-order valence-corrected chi connectivity index (χ4v) is 7.90. The number of fused-ring (bicyclic) bond motifs is 2. The zero-order valence-corrected chi connectivity index (χ0v) is 22.8. The Kier molecular flexibility index (Phi) is 7.46. The molecule has 0 aromatic heterocycles. The topological polar surface area (TPSA) is 112 Å². The first-order valence-electron chi connectivity index (χ1n) is 12.3. The Hall–Kier alpha value is -4.42. The summed E-state index contributed by atoms with van der Waals surface area (Å²) in [5.74, 6) is -0.766. The first-order chi connectivity index (χ1) is 19.2. The van der Waals surface area contributed by atoms with E-state index in [1.165, 1.54) is 12.1 Å². The number of carbonyl (C=O) groups is 2. The van der Waals surface area contributed by atoms with Crippen LogP contribution in [0.15, 0.2) is 138 Å². The van der Waals surface area contributed by atoms with Gasteiger partial charge in [-0.15, -0.1) is 0 Å². The maximum atomic E-state index is 12.3. The predicted molar refractivity (Wildman–Crippen MR) is 157 cm³/mol. The Labute approximate surface area is 232 Å². The van der Waals surface area contributed by atoms with Crippen molar-refractivity contribution in [1.29, 1.82) is 5.16 Å². The van der Waals surface area contributed by atoms with Gasteiger partial charge in [0.25, 0.3) is 10.1 Å². The first kappa shape index (κ1) is 27.2. The average molecular weight is 566 g/mol. The molecule has 0 radical (unpaired) electrons. The third-order valence-electron chi connectivity index (χ3n) is 6.62. The second kappa shape index (κ2) is 11.0. The minimum atomic E-state index is -4.42. The molecule has 0 aliphatic heterocycles. The molecule has 0 bridgehead atoms. The number of carbonyl (C=O) groups excluding carboxylic acids is 2.